The molecule has 3 heterocycles. The van der Waals surface area contributed by atoms with Crippen LogP contribution in [0.3, 0.4) is 0 Å². The molecule has 2 aliphatic heterocycles. The summed E-state index contributed by atoms with van der Waals surface area (Å²) >= 11 is 0. The Morgan fingerprint density at radius 3 is 3.12 bits per heavy atom. The highest BCUT2D eigenvalue weighted by Crippen LogP contribution is 2.27. The number of guanidine groups is 1. The summed E-state index contributed by atoms with van der Waals surface area (Å²) in [6.07, 6.45) is 11.4. The number of rotatable bonds is 5. The molecule has 1 fully saturated rings. The Morgan fingerprint density at radius 2 is 2.40 bits per heavy atom. The van der Waals surface area contributed by atoms with Crippen molar-refractivity contribution in [3.8, 4) is 0 Å². The molecular weight excluding hydrogens is 314 g/mol. The molecule has 2 aliphatic rings. The highest BCUT2D eigenvalue weighted by Gasteiger charge is 2.28. The molecule has 2 unspecified atom stereocenters. The van der Waals surface area contributed by atoms with Gasteiger partial charge in [-0.1, -0.05) is 18.6 Å². The lowest BCUT2D eigenvalue weighted by Crippen LogP contribution is -2.49. The smallest absolute Gasteiger partial charge is 0.193 e. The summed E-state index contributed by atoms with van der Waals surface area (Å²) in [5, 5.41) is 3.48. The van der Waals surface area contributed by atoms with Crippen LogP contribution in [0.4, 0.5) is 0 Å². The van der Waals surface area contributed by atoms with Crippen molar-refractivity contribution in [2.45, 2.75) is 39.2 Å². The van der Waals surface area contributed by atoms with Crippen molar-refractivity contribution in [3.05, 3.63) is 30.4 Å². The Kier molecular flexibility index (Phi) is 6.50. The molecule has 6 heteroatoms. The molecule has 0 amide bonds. The fraction of sp³-hybridized carbons (Fsp3) is 0.684. The lowest BCUT2D eigenvalue weighted by Gasteiger charge is -2.39. The quantitative estimate of drug-likeness (QED) is 0.506. The maximum Gasteiger partial charge on any atom is 0.193 e. The molecule has 138 valence electrons. The Labute approximate surface area is 151 Å². The van der Waals surface area contributed by atoms with E-state index in [4.69, 9.17) is 9.73 Å². The highest BCUT2D eigenvalue weighted by atomic mass is 16.5. The third-order valence-electron chi connectivity index (χ3n) is 5.21. The highest BCUT2D eigenvalue weighted by molar-refractivity contribution is 5.80. The van der Waals surface area contributed by atoms with Gasteiger partial charge in [0.05, 0.1) is 25.6 Å². The molecule has 0 aromatic carbocycles. The van der Waals surface area contributed by atoms with Crippen LogP contribution in [0.2, 0.25) is 0 Å². The first-order valence-corrected chi connectivity index (χ1v) is 9.54. The molecule has 2 atom stereocenters. The van der Waals surface area contributed by atoms with Gasteiger partial charge in [0.15, 0.2) is 5.96 Å². The van der Waals surface area contributed by atoms with E-state index in [1.807, 2.05) is 12.5 Å². The lowest BCUT2D eigenvalue weighted by atomic mass is 9.93. The summed E-state index contributed by atoms with van der Waals surface area (Å²) < 4.78 is 7.62. The number of ether oxygens (including phenoxy) is 1. The van der Waals surface area contributed by atoms with Crippen LogP contribution in [0, 0.1) is 5.92 Å². The average molecular weight is 345 g/mol. The van der Waals surface area contributed by atoms with Crippen molar-refractivity contribution in [1.82, 2.24) is 19.8 Å². The monoisotopic (exact) mass is 345 g/mol. The van der Waals surface area contributed by atoms with Crippen molar-refractivity contribution in [2.75, 3.05) is 39.4 Å². The van der Waals surface area contributed by atoms with Crippen LogP contribution in [0.5, 0.6) is 0 Å². The fourth-order valence-electron chi connectivity index (χ4n) is 3.62. The number of nitrogens with zero attached hydrogens (tertiary/aromatic N) is 4. The number of hydrogen-bond donors (Lipinski definition) is 1. The third kappa shape index (κ3) is 4.84. The molecule has 6 nitrogen and oxygen atoms in total. The molecule has 0 aliphatic carbocycles. The normalized spacial score (nSPS) is 25.0. The molecule has 0 radical (unpaired) electrons. The Balaban J connectivity index is 1.62. The van der Waals surface area contributed by atoms with E-state index in [0.29, 0.717) is 12.0 Å². The maximum atomic E-state index is 5.38. The van der Waals surface area contributed by atoms with Crippen LogP contribution in [-0.2, 0) is 4.74 Å². The summed E-state index contributed by atoms with van der Waals surface area (Å²) in [4.78, 5) is 11.5. The SMILES string of the molecule is CCNC(=NCCC1=CCOCC1)N1CCC(C)C(n2ccnc2)C1. The van der Waals surface area contributed by atoms with E-state index in [0.717, 1.165) is 58.2 Å². The van der Waals surface area contributed by atoms with Gasteiger partial charge in [-0.2, -0.15) is 0 Å². The van der Waals surface area contributed by atoms with E-state index in [1.165, 1.54) is 12.0 Å². The number of aliphatic imine (C=N–C) groups is 1. The number of piperidine rings is 1. The average Bonchev–Trinajstić information content (AvgIpc) is 3.17. The van der Waals surface area contributed by atoms with Crippen LogP contribution >= 0.6 is 0 Å². The van der Waals surface area contributed by atoms with E-state index in [-0.39, 0.29) is 0 Å². The van der Waals surface area contributed by atoms with Gasteiger partial charge in [0, 0.05) is 38.6 Å². The predicted octanol–water partition coefficient (Wildman–Crippen LogP) is 2.47. The molecule has 1 aromatic rings. The van der Waals surface area contributed by atoms with Gasteiger partial charge in [-0.25, -0.2) is 4.98 Å². The first kappa shape index (κ1) is 18.0. The van der Waals surface area contributed by atoms with Crippen LogP contribution in [0.25, 0.3) is 0 Å². The lowest BCUT2D eigenvalue weighted by molar-refractivity contribution is 0.153. The minimum absolute atomic E-state index is 0.457. The first-order valence-electron chi connectivity index (χ1n) is 9.54. The number of hydrogen-bond acceptors (Lipinski definition) is 3. The van der Waals surface area contributed by atoms with E-state index < -0.39 is 0 Å². The molecule has 25 heavy (non-hydrogen) atoms. The number of likely N-dealkylation sites (tertiary alicyclic amines) is 1. The van der Waals surface area contributed by atoms with Crippen molar-refractivity contribution in [1.29, 1.82) is 0 Å². The molecule has 3 rings (SSSR count). The topological polar surface area (TPSA) is 54.7 Å². The van der Waals surface area contributed by atoms with Gasteiger partial charge < -0.3 is 19.5 Å². The number of imidazole rings is 1. The van der Waals surface area contributed by atoms with E-state index in [1.54, 1.807) is 0 Å². The third-order valence-corrected chi connectivity index (χ3v) is 5.21. The summed E-state index contributed by atoms with van der Waals surface area (Å²) in [5.74, 6) is 1.70. The minimum Gasteiger partial charge on any atom is -0.377 e. The predicted molar refractivity (Wildman–Crippen MR) is 101 cm³/mol. The van der Waals surface area contributed by atoms with Gasteiger partial charge in [-0.05, 0) is 32.1 Å². The zero-order valence-electron chi connectivity index (χ0n) is 15.5. The maximum absolute atomic E-state index is 5.38. The number of nitrogens with one attached hydrogen (secondary N) is 1. The largest absolute Gasteiger partial charge is 0.377 e. The molecule has 1 aromatic heterocycles. The van der Waals surface area contributed by atoms with Gasteiger partial charge in [-0.15, -0.1) is 0 Å². The summed E-state index contributed by atoms with van der Waals surface area (Å²) in [7, 11) is 0. The standard InChI is InChI=1S/C19H31N5O/c1-3-21-19(22-8-4-17-6-12-25-13-7-17)23-10-5-16(2)18(14-23)24-11-9-20-15-24/h6,9,11,15-16,18H,3-5,7-8,10,12-14H2,1-2H3,(H,21,22). The van der Waals surface area contributed by atoms with Crippen molar-refractivity contribution < 1.29 is 4.74 Å². The molecule has 0 spiro atoms. The summed E-state index contributed by atoms with van der Waals surface area (Å²) in [5.41, 5.74) is 1.48. The summed E-state index contributed by atoms with van der Waals surface area (Å²) in [6, 6.07) is 0.457. The number of aromatic nitrogens is 2. The molecule has 1 N–H and O–H groups in total. The second-order valence-electron chi connectivity index (χ2n) is 6.96. The Morgan fingerprint density at radius 1 is 1.48 bits per heavy atom. The van der Waals surface area contributed by atoms with E-state index >= 15 is 0 Å². The fourth-order valence-corrected chi connectivity index (χ4v) is 3.62. The summed E-state index contributed by atoms with van der Waals surface area (Å²) in [6.45, 7) is 9.88. The van der Waals surface area contributed by atoms with Gasteiger partial charge in [0.1, 0.15) is 0 Å². The Bertz CT molecular complexity index is 581. The molecule has 0 bridgehead atoms. The van der Waals surface area contributed by atoms with E-state index in [9.17, 15) is 0 Å². The van der Waals surface area contributed by atoms with Gasteiger partial charge in [0.25, 0.3) is 0 Å². The van der Waals surface area contributed by atoms with E-state index in [2.05, 4.69) is 45.9 Å². The zero-order chi connectivity index (χ0) is 17.5. The van der Waals surface area contributed by atoms with Gasteiger partial charge in [0.2, 0.25) is 0 Å². The van der Waals surface area contributed by atoms with Gasteiger partial charge >= 0.3 is 0 Å². The second-order valence-corrected chi connectivity index (χ2v) is 6.96. The van der Waals surface area contributed by atoms with Crippen molar-refractivity contribution in [3.63, 3.8) is 0 Å². The van der Waals surface area contributed by atoms with Crippen LogP contribution in [-0.4, -0.2) is 59.8 Å². The first-order chi connectivity index (χ1) is 12.3. The van der Waals surface area contributed by atoms with Crippen LogP contribution in [0.1, 0.15) is 39.2 Å². The second kappa shape index (κ2) is 9.04. The minimum atomic E-state index is 0.457. The molecule has 1 saturated heterocycles. The molecule has 0 saturated carbocycles. The zero-order valence-corrected chi connectivity index (χ0v) is 15.5. The Hall–Kier alpha value is -1.82. The molecular formula is C19H31N5O. The van der Waals surface area contributed by atoms with Crippen LogP contribution in [0.15, 0.2) is 35.4 Å². The van der Waals surface area contributed by atoms with Crippen molar-refractivity contribution in [2.24, 2.45) is 10.9 Å². The van der Waals surface area contributed by atoms with Gasteiger partial charge in [-0.3, -0.25) is 4.99 Å². The van der Waals surface area contributed by atoms with Crippen molar-refractivity contribution >= 4 is 5.96 Å². The van der Waals surface area contributed by atoms with Crippen LogP contribution < -0.4 is 5.32 Å².